The molecule has 3 heterocycles. The third kappa shape index (κ3) is 2.84. The first-order valence-corrected chi connectivity index (χ1v) is 7.08. The van der Waals surface area contributed by atoms with Crippen molar-refractivity contribution in [3.05, 3.63) is 30.0 Å². The van der Waals surface area contributed by atoms with E-state index < -0.39 is 11.9 Å². The minimum Gasteiger partial charge on any atom is -0.478 e. The minimum atomic E-state index is -2.70. The van der Waals surface area contributed by atoms with Crippen LogP contribution in [0.5, 0.6) is 0 Å². The molecule has 2 aromatic rings. The number of carboxylic acid groups (broad SMARTS) is 1. The van der Waals surface area contributed by atoms with Crippen LogP contribution < -0.4 is 4.90 Å². The van der Waals surface area contributed by atoms with Gasteiger partial charge in [0.15, 0.2) is 0 Å². The summed E-state index contributed by atoms with van der Waals surface area (Å²) < 4.78 is 27.0. The van der Waals surface area contributed by atoms with E-state index in [2.05, 4.69) is 9.97 Å². The van der Waals surface area contributed by atoms with Crippen LogP contribution in [0.1, 0.15) is 29.6 Å². The quantitative estimate of drug-likeness (QED) is 0.924. The van der Waals surface area contributed by atoms with E-state index in [-0.39, 0.29) is 30.8 Å². The highest BCUT2D eigenvalue weighted by Gasteiger charge is 2.33. The maximum atomic E-state index is 13.5. The number of rotatable bonds is 2. The maximum Gasteiger partial charge on any atom is 0.339 e. The molecular formula is C15H15F2N3O2. The van der Waals surface area contributed by atoms with Crippen LogP contribution in [0.3, 0.4) is 0 Å². The Morgan fingerprint density at radius 1 is 1.27 bits per heavy atom. The lowest BCUT2D eigenvalue weighted by Crippen LogP contribution is -2.28. The lowest BCUT2D eigenvalue weighted by Gasteiger charge is -2.23. The van der Waals surface area contributed by atoms with E-state index in [4.69, 9.17) is 0 Å². The van der Waals surface area contributed by atoms with E-state index in [1.165, 1.54) is 6.07 Å². The average Bonchev–Trinajstić information content (AvgIpc) is 2.66. The number of pyridine rings is 2. The molecule has 22 heavy (non-hydrogen) atoms. The highest BCUT2D eigenvalue weighted by Crippen LogP contribution is 2.31. The molecule has 0 radical (unpaired) electrons. The van der Waals surface area contributed by atoms with Gasteiger partial charge in [-0.2, -0.15) is 0 Å². The molecule has 0 amide bonds. The second kappa shape index (κ2) is 5.47. The summed E-state index contributed by atoms with van der Waals surface area (Å²) in [6, 6.07) is 4.88. The van der Waals surface area contributed by atoms with Gasteiger partial charge < -0.3 is 10.0 Å². The number of aromatic nitrogens is 2. The van der Waals surface area contributed by atoms with E-state index in [9.17, 15) is 18.7 Å². The molecule has 7 heteroatoms. The van der Waals surface area contributed by atoms with Crippen LogP contribution in [0, 0.1) is 0 Å². The average molecular weight is 307 g/mol. The zero-order chi connectivity index (χ0) is 15.7. The fourth-order valence-electron chi connectivity index (χ4n) is 2.66. The molecular weight excluding hydrogens is 292 g/mol. The van der Waals surface area contributed by atoms with E-state index in [1.807, 2.05) is 0 Å². The standard InChI is InChI=1S/C15H15F2N3O2/c16-15(17)4-2-7-20(8-5-15)13-10(14(21)22)9-12-11(19-13)3-1-6-18-12/h1,3,6,9H,2,4-5,7-8H2,(H,21,22). The van der Waals surface area contributed by atoms with Crippen LogP contribution >= 0.6 is 0 Å². The Hall–Kier alpha value is -2.31. The first-order valence-electron chi connectivity index (χ1n) is 7.08. The number of aromatic carboxylic acids is 1. The predicted molar refractivity (Wildman–Crippen MR) is 77.5 cm³/mol. The maximum absolute atomic E-state index is 13.5. The Morgan fingerprint density at radius 3 is 2.86 bits per heavy atom. The van der Waals surface area contributed by atoms with Crippen molar-refractivity contribution in [1.82, 2.24) is 9.97 Å². The molecule has 2 aromatic heterocycles. The van der Waals surface area contributed by atoms with Crippen molar-refractivity contribution >= 4 is 22.8 Å². The topological polar surface area (TPSA) is 66.3 Å². The SMILES string of the molecule is O=C(O)c1cc2ncccc2nc1N1CCCC(F)(F)CC1. The molecule has 1 saturated heterocycles. The van der Waals surface area contributed by atoms with E-state index in [0.717, 1.165) is 0 Å². The summed E-state index contributed by atoms with van der Waals surface area (Å²) in [5, 5.41) is 9.39. The van der Waals surface area contributed by atoms with Gasteiger partial charge in [0.25, 0.3) is 0 Å². The van der Waals surface area contributed by atoms with E-state index in [0.29, 0.717) is 24.0 Å². The number of carboxylic acids is 1. The number of alkyl halides is 2. The molecule has 0 aliphatic carbocycles. The van der Waals surface area contributed by atoms with Crippen molar-refractivity contribution in [1.29, 1.82) is 0 Å². The van der Waals surface area contributed by atoms with Crippen molar-refractivity contribution in [3.8, 4) is 0 Å². The van der Waals surface area contributed by atoms with Crippen molar-refractivity contribution < 1.29 is 18.7 Å². The second-order valence-electron chi connectivity index (χ2n) is 5.40. The van der Waals surface area contributed by atoms with Gasteiger partial charge in [0, 0.05) is 32.1 Å². The molecule has 0 spiro atoms. The molecule has 5 nitrogen and oxygen atoms in total. The zero-order valence-corrected chi connectivity index (χ0v) is 11.8. The third-order valence-corrected chi connectivity index (χ3v) is 3.81. The molecule has 1 N–H and O–H groups in total. The van der Waals surface area contributed by atoms with Gasteiger partial charge in [-0.1, -0.05) is 0 Å². The smallest absolute Gasteiger partial charge is 0.339 e. The van der Waals surface area contributed by atoms with Crippen molar-refractivity contribution in [2.24, 2.45) is 0 Å². The largest absolute Gasteiger partial charge is 0.478 e. The van der Waals surface area contributed by atoms with Crippen LogP contribution in [0.15, 0.2) is 24.4 Å². The summed E-state index contributed by atoms with van der Waals surface area (Å²) in [6.07, 6.45) is 1.39. The zero-order valence-electron chi connectivity index (χ0n) is 11.8. The summed E-state index contributed by atoms with van der Waals surface area (Å²) in [5.41, 5.74) is 1.03. The van der Waals surface area contributed by atoms with E-state index >= 15 is 0 Å². The Kier molecular flexibility index (Phi) is 3.64. The Morgan fingerprint density at radius 2 is 2.09 bits per heavy atom. The number of halogens is 2. The van der Waals surface area contributed by atoms with Crippen molar-refractivity contribution in [2.45, 2.75) is 25.2 Å². The van der Waals surface area contributed by atoms with Gasteiger partial charge in [-0.15, -0.1) is 0 Å². The van der Waals surface area contributed by atoms with Gasteiger partial charge in [0.2, 0.25) is 5.92 Å². The predicted octanol–water partition coefficient (Wildman–Crippen LogP) is 2.95. The molecule has 3 rings (SSSR count). The molecule has 1 aliphatic heterocycles. The minimum absolute atomic E-state index is 0.00332. The van der Waals surface area contributed by atoms with Crippen LogP contribution in [0.4, 0.5) is 14.6 Å². The number of fused-ring (bicyclic) bond motifs is 1. The number of carbonyl (C=O) groups is 1. The summed E-state index contributed by atoms with van der Waals surface area (Å²) in [4.78, 5) is 21.5. The normalized spacial score (nSPS) is 18.2. The molecule has 0 unspecified atom stereocenters. The lowest BCUT2D eigenvalue weighted by molar-refractivity contribution is -0.0102. The summed E-state index contributed by atoms with van der Waals surface area (Å²) in [7, 11) is 0. The molecule has 0 atom stereocenters. The Balaban J connectivity index is 2.04. The van der Waals surface area contributed by atoms with Gasteiger partial charge in [-0.25, -0.2) is 18.6 Å². The number of nitrogens with zero attached hydrogens (tertiary/aromatic N) is 3. The first kappa shape index (κ1) is 14.6. The molecule has 116 valence electrons. The fraction of sp³-hybridized carbons (Fsp3) is 0.400. The highest BCUT2D eigenvalue weighted by atomic mass is 19.3. The van der Waals surface area contributed by atoms with Gasteiger partial charge in [0.05, 0.1) is 11.0 Å². The molecule has 0 aromatic carbocycles. The number of hydrogen-bond donors (Lipinski definition) is 1. The van der Waals surface area contributed by atoms with Crippen molar-refractivity contribution in [3.63, 3.8) is 0 Å². The Labute approximate surface area is 125 Å². The lowest BCUT2D eigenvalue weighted by atomic mass is 10.1. The number of anilines is 1. The number of hydrogen-bond acceptors (Lipinski definition) is 4. The van der Waals surface area contributed by atoms with Gasteiger partial charge in [0.1, 0.15) is 11.4 Å². The van der Waals surface area contributed by atoms with Gasteiger partial charge in [-0.05, 0) is 24.6 Å². The molecule has 0 saturated carbocycles. The summed E-state index contributed by atoms with van der Waals surface area (Å²) in [5.74, 6) is -3.59. The molecule has 1 aliphatic rings. The molecule has 1 fully saturated rings. The summed E-state index contributed by atoms with van der Waals surface area (Å²) >= 11 is 0. The van der Waals surface area contributed by atoms with Gasteiger partial charge in [-0.3, -0.25) is 4.98 Å². The van der Waals surface area contributed by atoms with Crippen LogP contribution in [-0.2, 0) is 0 Å². The summed E-state index contributed by atoms with van der Waals surface area (Å²) in [6.45, 7) is 0.459. The highest BCUT2D eigenvalue weighted by molar-refractivity contribution is 5.97. The first-order chi connectivity index (χ1) is 10.5. The van der Waals surface area contributed by atoms with Crippen molar-refractivity contribution in [2.75, 3.05) is 18.0 Å². The van der Waals surface area contributed by atoms with E-state index in [1.54, 1.807) is 23.2 Å². The van der Waals surface area contributed by atoms with Gasteiger partial charge >= 0.3 is 5.97 Å². The van der Waals surface area contributed by atoms with Crippen LogP contribution in [0.25, 0.3) is 11.0 Å². The monoisotopic (exact) mass is 307 g/mol. The molecule has 0 bridgehead atoms. The Bertz CT molecular complexity index is 721. The third-order valence-electron chi connectivity index (χ3n) is 3.81. The van der Waals surface area contributed by atoms with Crippen LogP contribution in [0.2, 0.25) is 0 Å². The fourth-order valence-corrected chi connectivity index (χ4v) is 2.66. The second-order valence-corrected chi connectivity index (χ2v) is 5.40. The van der Waals surface area contributed by atoms with Crippen LogP contribution in [-0.4, -0.2) is 40.1 Å².